The molecule has 0 unspecified atom stereocenters. The van der Waals surface area contributed by atoms with E-state index in [-0.39, 0.29) is 16.1 Å². The molecule has 0 spiro atoms. The molecule has 4 heteroatoms. The molecule has 0 saturated heterocycles. The summed E-state index contributed by atoms with van der Waals surface area (Å²) in [7, 11) is 0. The molecule has 0 radical (unpaired) electrons. The van der Waals surface area contributed by atoms with Crippen molar-refractivity contribution in [2.75, 3.05) is 0 Å². The summed E-state index contributed by atoms with van der Waals surface area (Å²) in [5.74, 6) is -0.443. The fraction of sp³-hybridized carbons (Fsp3) is 0.143. The molecule has 0 atom stereocenters. The minimum atomic E-state index is -0.489. The first-order chi connectivity index (χ1) is 5.16. The van der Waals surface area contributed by atoms with Gasteiger partial charge in [0, 0.05) is 5.56 Å². The van der Waals surface area contributed by atoms with Crippen molar-refractivity contribution in [3.63, 3.8) is 0 Å². The second-order valence-electron chi connectivity index (χ2n) is 2.00. The van der Waals surface area contributed by atoms with Gasteiger partial charge in [0.25, 0.3) is 0 Å². The third-order valence-electron chi connectivity index (χ3n) is 1.30. The highest BCUT2D eigenvalue weighted by atomic mass is 79.9. The van der Waals surface area contributed by atoms with Gasteiger partial charge in [-0.15, -0.1) is 11.6 Å². The van der Waals surface area contributed by atoms with Crippen LogP contribution >= 0.6 is 27.5 Å². The van der Waals surface area contributed by atoms with Crippen LogP contribution in [-0.2, 0) is 5.88 Å². The summed E-state index contributed by atoms with van der Waals surface area (Å²) in [6, 6.07) is 2.70. The quantitative estimate of drug-likeness (QED) is 0.747. The monoisotopic (exact) mass is 238 g/mol. The molecule has 0 fully saturated rings. The maximum atomic E-state index is 12.6. The number of phenolic OH excluding ortho intramolecular Hbond substituents is 1. The van der Waals surface area contributed by atoms with Gasteiger partial charge in [0.05, 0.1) is 10.4 Å². The van der Waals surface area contributed by atoms with Crippen LogP contribution in [0.3, 0.4) is 0 Å². The van der Waals surface area contributed by atoms with E-state index in [9.17, 15) is 9.50 Å². The number of hydrogen-bond acceptors (Lipinski definition) is 1. The molecule has 1 aromatic rings. The van der Waals surface area contributed by atoms with Crippen LogP contribution in [0.5, 0.6) is 5.75 Å². The zero-order valence-corrected chi connectivity index (χ0v) is 7.78. The molecule has 1 N–H and O–H groups in total. The van der Waals surface area contributed by atoms with Gasteiger partial charge in [0.1, 0.15) is 11.6 Å². The lowest BCUT2D eigenvalue weighted by Gasteiger charge is -2.02. The molecule has 1 nitrogen and oxygen atoms in total. The third kappa shape index (κ3) is 1.65. The Morgan fingerprint density at radius 1 is 1.55 bits per heavy atom. The van der Waals surface area contributed by atoms with Crippen molar-refractivity contribution in [1.82, 2.24) is 0 Å². The number of alkyl halides is 1. The number of halogens is 3. The van der Waals surface area contributed by atoms with Crippen LogP contribution in [-0.4, -0.2) is 5.11 Å². The van der Waals surface area contributed by atoms with E-state index >= 15 is 0 Å². The summed E-state index contributed by atoms with van der Waals surface area (Å²) in [6.45, 7) is 0. The number of benzene rings is 1. The molecule has 1 rings (SSSR count). The minimum absolute atomic E-state index is 0.0654. The van der Waals surface area contributed by atoms with E-state index in [1.165, 1.54) is 12.1 Å². The zero-order valence-electron chi connectivity index (χ0n) is 5.44. The van der Waals surface area contributed by atoms with Gasteiger partial charge in [-0.3, -0.25) is 0 Å². The molecular weight excluding hydrogens is 234 g/mol. The summed E-state index contributed by atoms with van der Waals surface area (Å²) >= 11 is 8.34. The van der Waals surface area contributed by atoms with Crippen molar-refractivity contribution in [2.45, 2.75) is 5.88 Å². The lowest BCUT2D eigenvalue weighted by atomic mass is 10.2. The normalized spacial score (nSPS) is 10.1. The van der Waals surface area contributed by atoms with Gasteiger partial charge in [-0.05, 0) is 22.0 Å². The summed E-state index contributed by atoms with van der Waals surface area (Å²) in [4.78, 5) is 0. The van der Waals surface area contributed by atoms with E-state index in [1.54, 1.807) is 0 Å². The van der Waals surface area contributed by atoms with Crippen molar-refractivity contribution in [1.29, 1.82) is 0 Å². The molecule has 0 heterocycles. The van der Waals surface area contributed by atoms with Crippen LogP contribution in [0, 0.1) is 5.82 Å². The minimum Gasteiger partial charge on any atom is -0.506 e. The van der Waals surface area contributed by atoms with Crippen molar-refractivity contribution >= 4 is 27.5 Å². The van der Waals surface area contributed by atoms with Gasteiger partial charge in [-0.2, -0.15) is 0 Å². The van der Waals surface area contributed by atoms with Gasteiger partial charge >= 0.3 is 0 Å². The van der Waals surface area contributed by atoms with Crippen LogP contribution < -0.4 is 0 Å². The van der Waals surface area contributed by atoms with Crippen molar-refractivity contribution in [2.24, 2.45) is 0 Å². The van der Waals surface area contributed by atoms with Crippen LogP contribution in [0.25, 0.3) is 0 Å². The molecule has 0 amide bonds. The Balaban J connectivity index is 3.25. The molecule has 60 valence electrons. The highest BCUT2D eigenvalue weighted by Gasteiger charge is 2.08. The molecule has 0 aromatic heterocycles. The van der Waals surface area contributed by atoms with E-state index in [4.69, 9.17) is 11.6 Å². The van der Waals surface area contributed by atoms with Gasteiger partial charge in [-0.1, -0.05) is 6.07 Å². The molecule has 1 aromatic carbocycles. The molecule has 0 aliphatic carbocycles. The maximum absolute atomic E-state index is 12.6. The van der Waals surface area contributed by atoms with Crippen molar-refractivity contribution < 1.29 is 9.50 Å². The summed E-state index contributed by atoms with van der Waals surface area (Å²) < 4.78 is 12.7. The fourth-order valence-corrected chi connectivity index (χ4v) is 1.29. The predicted molar refractivity (Wildman–Crippen MR) is 45.3 cm³/mol. The number of aromatic hydroxyl groups is 1. The first-order valence-corrected chi connectivity index (χ1v) is 4.21. The van der Waals surface area contributed by atoms with E-state index in [0.717, 1.165) is 0 Å². The van der Waals surface area contributed by atoms with E-state index in [2.05, 4.69) is 15.9 Å². The van der Waals surface area contributed by atoms with Gasteiger partial charge in [-0.25, -0.2) is 4.39 Å². The Bertz CT molecular complexity index is 277. The average molecular weight is 239 g/mol. The molecular formula is C7H5BrClFO. The Kier molecular flexibility index (Phi) is 2.73. The largest absolute Gasteiger partial charge is 0.506 e. The summed E-state index contributed by atoms with van der Waals surface area (Å²) in [5, 5.41) is 9.21. The number of hydrogen-bond donors (Lipinski definition) is 1. The Labute approximate surface area is 76.9 Å². The topological polar surface area (TPSA) is 20.2 Å². The fourth-order valence-electron chi connectivity index (χ4n) is 0.688. The molecule has 11 heavy (non-hydrogen) atoms. The number of phenols is 1. The van der Waals surface area contributed by atoms with E-state index in [0.29, 0.717) is 5.56 Å². The third-order valence-corrected chi connectivity index (χ3v) is 2.34. The molecule has 0 aliphatic heterocycles. The highest BCUT2D eigenvalue weighted by Crippen LogP contribution is 2.30. The lowest BCUT2D eigenvalue weighted by Crippen LogP contribution is -1.84. The maximum Gasteiger partial charge on any atom is 0.141 e. The Morgan fingerprint density at radius 2 is 2.18 bits per heavy atom. The first kappa shape index (κ1) is 8.81. The highest BCUT2D eigenvalue weighted by molar-refractivity contribution is 9.10. The van der Waals surface area contributed by atoms with Crippen molar-refractivity contribution in [3.8, 4) is 5.75 Å². The molecule has 0 aliphatic rings. The lowest BCUT2D eigenvalue weighted by molar-refractivity contribution is 0.459. The van der Waals surface area contributed by atoms with Crippen LogP contribution in [0.2, 0.25) is 0 Å². The van der Waals surface area contributed by atoms with Gasteiger partial charge < -0.3 is 5.11 Å². The summed E-state index contributed by atoms with van der Waals surface area (Å²) in [5.41, 5.74) is 0.514. The SMILES string of the molecule is Oc1c(CCl)ccc(F)c1Br. The van der Waals surface area contributed by atoms with Gasteiger partial charge in [0.2, 0.25) is 0 Å². The standard InChI is InChI=1S/C7H5BrClFO/c8-6-5(10)2-1-4(3-9)7(6)11/h1-2,11H,3H2. The number of rotatable bonds is 1. The summed E-state index contributed by atoms with van der Waals surface area (Å²) in [6.07, 6.45) is 0. The van der Waals surface area contributed by atoms with Crippen LogP contribution in [0.15, 0.2) is 16.6 Å². The average Bonchev–Trinajstić information content (AvgIpc) is 2.01. The van der Waals surface area contributed by atoms with Crippen LogP contribution in [0.4, 0.5) is 4.39 Å². The Morgan fingerprint density at radius 3 is 2.73 bits per heavy atom. The van der Waals surface area contributed by atoms with E-state index < -0.39 is 5.82 Å². The molecule has 0 bridgehead atoms. The van der Waals surface area contributed by atoms with Crippen molar-refractivity contribution in [3.05, 3.63) is 28.0 Å². The molecule has 0 saturated carbocycles. The zero-order chi connectivity index (χ0) is 8.43. The smallest absolute Gasteiger partial charge is 0.141 e. The second kappa shape index (κ2) is 3.41. The van der Waals surface area contributed by atoms with Gasteiger partial charge in [0.15, 0.2) is 0 Å². The first-order valence-electron chi connectivity index (χ1n) is 2.88. The van der Waals surface area contributed by atoms with Crippen LogP contribution in [0.1, 0.15) is 5.56 Å². The second-order valence-corrected chi connectivity index (χ2v) is 3.06. The Hall–Kier alpha value is -0.280. The van der Waals surface area contributed by atoms with E-state index in [1.807, 2.05) is 0 Å². The predicted octanol–water partition coefficient (Wildman–Crippen LogP) is 3.03.